The van der Waals surface area contributed by atoms with Crippen LogP contribution in [0.2, 0.25) is 0 Å². The molecule has 0 saturated carbocycles. The van der Waals surface area contributed by atoms with Crippen molar-refractivity contribution in [1.29, 1.82) is 0 Å². The molecule has 44 heavy (non-hydrogen) atoms. The maximum absolute atomic E-state index is 13.7. The lowest BCUT2D eigenvalue weighted by Crippen LogP contribution is -2.66. The number of nitrogens with zero attached hydrogens (tertiary/aromatic N) is 1. The van der Waals surface area contributed by atoms with Crippen LogP contribution in [0.25, 0.3) is 0 Å². The first kappa shape index (κ1) is 39.7. The highest BCUT2D eigenvalue weighted by molar-refractivity contribution is 5.78. The minimum atomic E-state index is -1.45. The van der Waals surface area contributed by atoms with Gasteiger partial charge in [-0.1, -0.05) is 0 Å². The molecule has 0 spiro atoms. The second-order valence-corrected chi connectivity index (χ2v) is 15.4. The molecule has 0 amide bonds. The van der Waals surface area contributed by atoms with E-state index in [9.17, 15) is 19.2 Å². The Morgan fingerprint density at radius 1 is 0.591 bits per heavy atom. The smallest absolute Gasteiger partial charge is 0.320 e. The summed E-state index contributed by atoms with van der Waals surface area (Å²) in [6.45, 7) is 24.0. The summed E-state index contributed by atoms with van der Waals surface area (Å²) in [5.41, 5.74) is -4.60. The van der Waals surface area contributed by atoms with E-state index in [1.165, 1.54) is 0 Å². The number of nitrogens with one attached hydrogen (secondary N) is 3. The minimum Gasteiger partial charge on any atom is -0.460 e. The van der Waals surface area contributed by atoms with Crippen molar-refractivity contribution in [3.63, 3.8) is 0 Å². The van der Waals surface area contributed by atoms with Crippen LogP contribution in [0, 0.1) is 0 Å². The minimum absolute atomic E-state index is 0.179. The molecule has 1 aliphatic rings. The molecule has 1 unspecified atom stereocenters. The average molecular weight is 629 g/mol. The summed E-state index contributed by atoms with van der Waals surface area (Å²) in [6.07, 6.45) is -0.790. The molecule has 0 aromatic rings. The monoisotopic (exact) mass is 628 g/mol. The SMILES string of the molecule is CC(C)(C)OC(=O)CC1NCCNCCNCCN(CC(=O)OC(C)(C)C)C1(CC(=O)OC(C)(C)C)CC(=O)OC(C)(C)C. The third-order valence-corrected chi connectivity index (χ3v) is 6.28. The van der Waals surface area contributed by atoms with Gasteiger partial charge in [0, 0.05) is 45.3 Å². The van der Waals surface area contributed by atoms with E-state index in [4.69, 9.17) is 18.9 Å². The first-order valence-corrected chi connectivity index (χ1v) is 15.7. The van der Waals surface area contributed by atoms with Gasteiger partial charge in [0.2, 0.25) is 0 Å². The van der Waals surface area contributed by atoms with E-state index in [2.05, 4.69) is 16.0 Å². The van der Waals surface area contributed by atoms with Crippen molar-refractivity contribution in [3.05, 3.63) is 0 Å². The highest BCUT2D eigenvalue weighted by atomic mass is 16.6. The van der Waals surface area contributed by atoms with Crippen molar-refractivity contribution in [2.75, 3.05) is 45.8 Å². The Hall–Kier alpha value is -2.28. The Bertz CT molecular complexity index is 881. The van der Waals surface area contributed by atoms with Gasteiger partial charge in [0.25, 0.3) is 0 Å². The molecule has 12 nitrogen and oxygen atoms in total. The van der Waals surface area contributed by atoms with Crippen molar-refractivity contribution >= 4 is 23.9 Å². The fourth-order valence-corrected chi connectivity index (χ4v) is 4.97. The molecule has 1 saturated heterocycles. The Labute approximate surface area is 265 Å². The molecular formula is C32H60N4O8. The second kappa shape index (κ2) is 16.3. The summed E-state index contributed by atoms with van der Waals surface area (Å²) in [7, 11) is 0. The van der Waals surface area contributed by atoms with Crippen molar-refractivity contribution < 1.29 is 38.1 Å². The highest BCUT2D eigenvalue weighted by Crippen LogP contribution is 2.34. The zero-order valence-electron chi connectivity index (χ0n) is 29.4. The van der Waals surface area contributed by atoms with Gasteiger partial charge in [0.05, 0.1) is 31.3 Å². The molecule has 1 atom stereocenters. The van der Waals surface area contributed by atoms with Gasteiger partial charge in [-0.05, 0) is 83.1 Å². The predicted octanol–water partition coefficient (Wildman–Crippen LogP) is 2.72. The lowest BCUT2D eigenvalue weighted by atomic mass is 9.79. The second-order valence-electron chi connectivity index (χ2n) is 15.4. The lowest BCUT2D eigenvalue weighted by molar-refractivity contribution is -0.172. The van der Waals surface area contributed by atoms with E-state index in [1.807, 2.05) is 0 Å². The molecule has 0 bridgehead atoms. The third kappa shape index (κ3) is 16.7. The van der Waals surface area contributed by atoms with Crippen LogP contribution >= 0.6 is 0 Å². The van der Waals surface area contributed by atoms with Gasteiger partial charge in [-0.2, -0.15) is 0 Å². The van der Waals surface area contributed by atoms with E-state index in [0.29, 0.717) is 32.7 Å². The van der Waals surface area contributed by atoms with Crippen molar-refractivity contribution in [2.24, 2.45) is 0 Å². The number of rotatable bonds is 8. The van der Waals surface area contributed by atoms with Crippen LogP contribution in [-0.4, -0.2) is 109 Å². The number of carbonyl (C=O) groups excluding carboxylic acids is 4. The first-order valence-electron chi connectivity index (χ1n) is 15.7. The van der Waals surface area contributed by atoms with Gasteiger partial charge in [0.1, 0.15) is 22.4 Å². The molecule has 0 aromatic carbocycles. The molecule has 0 radical (unpaired) electrons. The van der Waals surface area contributed by atoms with Gasteiger partial charge in [0.15, 0.2) is 0 Å². The van der Waals surface area contributed by atoms with Gasteiger partial charge in [-0.15, -0.1) is 0 Å². The van der Waals surface area contributed by atoms with Crippen molar-refractivity contribution in [2.45, 2.75) is 136 Å². The highest BCUT2D eigenvalue weighted by Gasteiger charge is 2.50. The predicted molar refractivity (Wildman–Crippen MR) is 169 cm³/mol. The van der Waals surface area contributed by atoms with Crippen LogP contribution < -0.4 is 16.0 Å². The van der Waals surface area contributed by atoms with Gasteiger partial charge >= 0.3 is 23.9 Å². The Morgan fingerprint density at radius 2 is 0.977 bits per heavy atom. The molecule has 256 valence electrons. The Kier molecular flexibility index (Phi) is 14.8. The van der Waals surface area contributed by atoms with Gasteiger partial charge in [-0.3, -0.25) is 24.1 Å². The Balaban J connectivity index is 3.92. The van der Waals surface area contributed by atoms with Crippen LogP contribution in [0.1, 0.15) is 102 Å². The van der Waals surface area contributed by atoms with Gasteiger partial charge in [-0.25, -0.2) is 0 Å². The molecular weight excluding hydrogens is 568 g/mol. The van der Waals surface area contributed by atoms with Crippen LogP contribution in [-0.2, 0) is 38.1 Å². The molecule has 0 aromatic heterocycles. The fraction of sp³-hybridized carbons (Fsp3) is 0.875. The summed E-state index contributed by atoms with van der Waals surface area (Å²) in [5, 5.41) is 10.1. The lowest BCUT2D eigenvalue weighted by Gasteiger charge is -2.48. The van der Waals surface area contributed by atoms with E-state index < -0.39 is 57.9 Å². The number of hydrogen-bond acceptors (Lipinski definition) is 12. The summed E-state index contributed by atoms with van der Waals surface area (Å²) >= 11 is 0. The average Bonchev–Trinajstić information content (AvgIpc) is 2.75. The van der Waals surface area contributed by atoms with E-state index >= 15 is 0 Å². The van der Waals surface area contributed by atoms with Crippen LogP contribution in [0.15, 0.2) is 0 Å². The van der Waals surface area contributed by atoms with Gasteiger partial charge < -0.3 is 34.9 Å². The third-order valence-electron chi connectivity index (χ3n) is 6.28. The normalized spacial score (nSPS) is 19.6. The molecule has 1 rings (SSSR count). The molecule has 12 heteroatoms. The number of carbonyl (C=O) groups is 4. The van der Waals surface area contributed by atoms with Crippen molar-refractivity contribution in [1.82, 2.24) is 20.9 Å². The maximum Gasteiger partial charge on any atom is 0.320 e. The summed E-state index contributed by atoms with van der Waals surface area (Å²) in [5.74, 6) is -2.20. The number of ether oxygens (including phenoxy) is 4. The standard InChI is InChI=1S/C32H60N4O8/c1-28(2,3)41-24(37)19-23-32(20-25(38)42-29(4,5)6,21-26(39)43-30(7,8)9)36(22-27(40)44-31(10,11)12)18-17-34-14-13-33-15-16-35-23/h23,33-35H,13-22H2,1-12H3. The zero-order valence-corrected chi connectivity index (χ0v) is 29.4. The van der Waals surface area contributed by atoms with E-state index in [1.54, 1.807) is 88.0 Å². The van der Waals surface area contributed by atoms with Crippen molar-refractivity contribution in [3.8, 4) is 0 Å². The van der Waals surface area contributed by atoms with Crippen LogP contribution in [0.3, 0.4) is 0 Å². The summed E-state index contributed by atoms with van der Waals surface area (Å²) in [4.78, 5) is 56.0. The summed E-state index contributed by atoms with van der Waals surface area (Å²) in [6, 6.07) is -0.818. The molecule has 0 aliphatic carbocycles. The van der Waals surface area contributed by atoms with Crippen LogP contribution in [0.5, 0.6) is 0 Å². The topological polar surface area (TPSA) is 145 Å². The van der Waals surface area contributed by atoms with Crippen LogP contribution in [0.4, 0.5) is 0 Å². The molecule has 1 fully saturated rings. The zero-order chi connectivity index (χ0) is 34.0. The quantitative estimate of drug-likeness (QED) is 0.269. The first-order chi connectivity index (χ1) is 19.9. The maximum atomic E-state index is 13.7. The molecule has 1 aliphatic heterocycles. The Morgan fingerprint density at radius 3 is 1.43 bits per heavy atom. The number of hydrogen-bond donors (Lipinski definition) is 3. The fourth-order valence-electron chi connectivity index (χ4n) is 4.97. The molecule has 3 N–H and O–H groups in total. The van der Waals surface area contributed by atoms with E-state index in [-0.39, 0.29) is 32.4 Å². The molecule has 1 heterocycles. The van der Waals surface area contributed by atoms with E-state index in [0.717, 1.165) is 0 Å². The number of esters is 4. The largest absolute Gasteiger partial charge is 0.460 e. The summed E-state index contributed by atoms with van der Waals surface area (Å²) < 4.78 is 23.0.